The molecular weight excluding hydrogens is 346 g/mol. The SMILES string of the molecule is Cc1ccc(C(=O)Nc2ncc(Cc3ccccc3Cl)s2)c(=O)[nH]1. The van der Waals surface area contributed by atoms with E-state index in [0.29, 0.717) is 22.3 Å². The number of halogens is 1. The zero-order chi connectivity index (χ0) is 17.1. The summed E-state index contributed by atoms with van der Waals surface area (Å²) in [6.45, 7) is 1.75. The number of hydrogen-bond acceptors (Lipinski definition) is 4. The van der Waals surface area contributed by atoms with Crippen molar-refractivity contribution in [1.82, 2.24) is 9.97 Å². The number of nitrogens with one attached hydrogen (secondary N) is 2. The lowest BCUT2D eigenvalue weighted by Gasteiger charge is -2.02. The Labute approximate surface area is 147 Å². The molecule has 7 heteroatoms. The van der Waals surface area contributed by atoms with E-state index >= 15 is 0 Å². The number of thiazole rings is 1. The van der Waals surface area contributed by atoms with Gasteiger partial charge in [-0.2, -0.15) is 0 Å². The second kappa shape index (κ2) is 6.98. The second-order valence-corrected chi connectivity index (χ2v) is 6.76. The Balaban J connectivity index is 1.73. The summed E-state index contributed by atoms with van der Waals surface area (Å²) in [5.74, 6) is -0.477. The molecule has 24 heavy (non-hydrogen) atoms. The first-order chi connectivity index (χ1) is 11.5. The van der Waals surface area contributed by atoms with Crippen molar-refractivity contribution in [2.75, 3.05) is 5.32 Å². The van der Waals surface area contributed by atoms with Crippen LogP contribution in [0.2, 0.25) is 5.02 Å². The predicted molar refractivity (Wildman–Crippen MR) is 96.1 cm³/mol. The van der Waals surface area contributed by atoms with Gasteiger partial charge in [-0.25, -0.2) is 4.98 Å². The summed E-state index contributed by atoms with van der Waals surface area (Å²) in [6, 6.07) is 10.8. The maximum atomic E-state index is 12.2. The number of pyridine rings is 1. The fourth-order valence-electron chi connectivity index (χ4n) is 2.19. The first-order valence-electron chi connectivity index (χ1n) is 7.22. The highest BCUT2D eigenvalue weighted by atomic mass is 35.5. The summed E-state index contributed by atoms with van der Waals surface area (Å²) in [5.41, 5.74) is 1.34. The minimum atomic E-state index is -0.477. The molecule has 2 N–H and O–H groups in total. The second-order valence-electron chi connectivity index (χ2n) is 5.24. The zero-order valence-electron chi connectivity index (χ0n) is 12.8. The van der Waals surface area contributed by atoms with Gasteiger partial charge in [-0.05, 0) is 30.7 Å². The van der Waals surface area contributed by atoms with E-state index in [9.17, 15) is 9.59 Å². The molecule has 0 bridgehead atoms. The van der Waals surface area contributed by atoms with E-state index in [4.69, 9.17) is 11.6 Å². The lowest BCUT2D eigenvalue weighted by Crippen LogP contribution is -2.23. The average Bonchev–Trinajstić information content (AvgIpc) is 2.96. The van der Waals surface area contributed by atoms with Crippen molar-refractivity contribution in [3.8, 4) is 0 Å². The molecule has 3 rings (SSSR count). The van der Waals surface area contributed by atoms with Gasteiger partial charge in [0, 0.05) is 28.2 Å². The molecule has 5 nitrogen and oxygen atoms in total. The van der Waals surface area contributed by atoms with E-state index in [1.54, 1.807) is 19.2 Å². The maximum absolute atomic E-state index is 12.2. The van der Waals surface area contributed by atoms with Crippen LogP contribution in [0.15, 0.2) is 47.4 Å². The Morgan fingerprint density at radius 1 is 1.29 bits per heavy atom. The van der Waals surface area contributed by atoms with Gasteiger partial charge in [0.1, 0.15) is 5.56 Å². The molecule has 1 aromatic carbocycles. The number of aromatic nitrogens is 2. The van der Waals surface area contributed by atoms with E-state index in [0.717, 1.165) is 10.4 Å². The molecule has 0 radical (unpaired) electrons. The van der Waals surface area contributed by atoms with E-state index in [-0.39, 0.29) is 5.56 Å². The standard InChI is InChI=1S/C17H14ClN3O2S/c1-10-6-7-13(15(22)20-10)16(23)21-17-19-9-12(24-17)8-11-4-2-3-5-14(11)18/h2-7,9H,8H2,1H3,(H,20,22)(H,19,21,23). The number of amides is 1. The van der Waals surface area contributed by atoms with Crippen molar-refractivity contribution in [3.05, 3.63) is 79.7 Å². The van der Waals surface area contributed by atoms with Crippen LogP contribution in [0, 0.1) is 6.92 Å². The Morgan fingerprint density at radius 2 is 2.08 bits per heavy atom. The normalized spacial score (nSPS) is 10.6. The van der Waals surface area contributed by atoms with Crippen LogP contribution in [-0.2, 0) is 6.42 Å². The fraction of sp³-hybridized carbons (Fsp3) is 0.118. The molecule has 2 heterocycles. The molecule has 0 aliphatic heterocycles. The van der Waals surface area contributed by atoms with E-state index in [2.05, 4.69) is 15.3 Å². The van der Waals surface area contributed by atoms with Crippen molar-refractivity contribution in [2.24, 2.45) is 0 Å². The number of H-pyrrole nitrogens is 1. The Hall–Kier alpha value is -2.44. The smallest absolute Gasteiger partial charge is 0.263 e. The average molecular weight is 360 g/mol. The molecule has 0 aliphatic rings. The molecule has 2 aromatic heterocycles. The fourth-order valence-corrected chi connectivity index (χ4v) is 3.22. The van der Waals surface area contributed by atoms with Gasteiger partial charge in [-0.3, -0.25) is 14.9 Å². The molecule has 0 aliphatic carbocycles. The summed E-state index contributed by atoms with van der Waals surface area (Å²) in [7, 11) is 0. The molecule has 0 saturated carbocycles. The monoisotopic (exact) mass is 359 g/mol. The van der Waals surface area contributed by atoms with Crippen LogP contribution in [0.25, 0.3) is 0 Å². The highest BCUT2D eigenvalue weighted by Crippen LogP contribution is 2.24. The van der Waals surface area contributed by atoms with Crippen LogP contribution in [0.1, 0.15) is 26.5 Å². The van der Waals surface area contributed by atoms with Crippen molar-refractivity contribution >= 4 is 34.0 Å². The minimum absolute atomic E-state index is 0.0588. The molecule has 122 valence electrons. The van der Waals surface area contributed by atoms with Crippen molar-refractivity contribution in [1.29, 1.82) is 0 Å². The van der Waals surface area contributed by atoms with Gasteiger partial charge < -0.3 is 4.98 Å². The van der Waals surface area contributed by atoms with E-state index < -0.39 is 11.5 Å². The van der Waals surface area contributed by atoms with Crippen LogP contribution in [-0.4, -0.2) is 15.9 Å². The Kier molecular flexibility index (Phi) is 4.78. The summed E-state index contributed by atoms with van der Waals surface area (Å²) in [6.07, 6.45) is 2.33. The third-order valence-corrected chi connectivity index (χ3v) is 4.68. The summed E-state index contributed by atoms with van der Waals surface area (Å²) in [5, 5.41) is 3.80. The van der Waals surface area contributed by atoms with Crippen molar-refractivity contribution in [3.63, 3.8) is 0 Å². The number of benzene rings is 1. The summed E-state index contributed by atoms with van der Waals surface area (Å²) < 4.78 is 0. The number of anilines is 1. The predicted octanol–water partition coefficient (Wildman–Crippen LogP) is 3.64. The van der Waals surface area contributed by atoms with Gasteiger partial charge in [0.2, 0.25) is 0 Å². The van der Waals surface area contributed by atoms with Gasteiger partial charge in [0.15, 0.2) is 5.13 Å². The van der Waals surface area contributed by atoms with Crippen LogP contribution in [0.4, 0.5) is 5.13 Å². The molecule has 0 spiro atoms. The first kappa shape index (κ1) is 16.4. The summed E-state index contributed by atoms with van der Waals surface area (Å²) >= 11 is 7.51. The van der Waals surface area contributed by atoms with Crippen molar-refractivity contribution in [2.45, 2.75) is 13.3 Å². The number of aryl methyl sites for hydroxylation is 1. The number of nitrogens with zero attached hydrogens (tertiary/aromatic N) is 1. The number of hydrogen-bond donors (Lipinski definition) is 2. The van der Waals surface area contributed by atoms with Crippen molar-refractivity contribution < 1.29 is 4.79 Å². The number of carbonyl (C=O) groups excluding carboxylic acids is 1. The maximum Gasteiger partial charge on any atom is 0.263 e. The highest BCUT2D eigenvalue weighted by molar-refractivity contribution is 7.15. The zero-order valence-corrected chi connectivity index (χ0v) is 14.4. The van der Waals surface area contributed by atoms with Crippen LogP contribution in [0.5, 0.6) is 0 Å². The molecule has 3 aromatic rings. The number of aromatic amines is 1. The largest absolute Gasteiger partial charge is 0.326 e. The van der Waals surface area contributed by atoms with Gasteiger partial charge in [-0.1, -0.05) is 29.8 Å². The first-order valence-corrected chi connectivity index (χ1v) is 8.42. The molecule has 0 saturated heterocycles. The Morgan fingerprint density at radius 3 is 2.83 bits per heavy atom. The molecule has 0 atom stereocenters. The van der Waals surface area contributed by atoms with Gasteiger partial charge in [-0.15, -0.1) is 11.3 Å². The van der Waals surface area contributed by atoms with Gasteiger partial charge in [0.25, 0.3) is 11.5 Å². The lowest BCUT2D eigenvalue weighted by molar-refractivity contribution is 0.102. The third kappa shape index (κ3) is 3.72. The van der Waals surface area contributed by atoms with Gasteiger partial charge in [0.05, 0.1) is 0 Å². The van der Waals surface area contributed by atoms with E-state index in [1.807, 2.05) is 24.3 Å². The topological polar surface area (TPSA) is 74.8 Å². The van der Waals surface area contributed by atoms with Gasteiger partial charge >= 0.3 is 0 Å². The summed E-state index contributed by atoms with van der Waals surface area (Å²) in [4.78, 5) is 31.7. The molecule has 0 fully saturated rings. The third-order valence-electron chi connectivity index (χ3n) is 3.40. The van der Waals surface area contributed by atoms with Crippen LogP contribution >= 0.6 is 22.9 Å². The number of rotatable bonds is 4. The number of carbonyl (C=O) groups is 1. The molecule has 1 amide bonds. The Bertz CT molecular complexity index is 949. The molecule has 0 unspecified atom stereocenters. The quantitative estimate of drug-likeness (QED) is 0.746. The van der Waals surface area contributed by atoms with Crippen LogP contribution in [0.3, 0.4) is 0 Å². The molecular formula is C17H14ClN3O2S. The van der Waals surface area contributed by atoms with E-state index in [1.165, 1.54) is 17.4 Å². The minimum Gasteiger partial charge on any atom is -0.326 e. The lowest BCUT2D eigenvalue weighted by atomic mass is 10.1. The highest BCUT2D eigenvalue weighted by Gasteiger charge is 2.13. The van der Waals surface area contributed by atoms with Crippen LogP contribution < -0.4 is 10.9 Å².